The van der Waals surface area contributed by atoms with E-state index in [2.05, 4.69) is 15.0 Å². The molecule has 1 heterocycles. The van der Waals surface area contributed by atoms with Crippen molar-refractivity contribution in [2.24, 2.45) is 0 Å². The van der Waals surface area contributed by atoms with Crippen LogP contribution in [0.25, 0.3) is 0 Å². The van der Waals surface area contributed by atoms with Crippen LogP contribution in [0, 0.1) is 0 Å². The van der Waals surface area contributed by atoms with E-state index in [4.69, 9.17) is 11.6 Å². The van der Waals surface area contributed by atoms with E-state index in [-0.39, 0.29) is 32.6 Å². The lowest BCUT2D eigenvalue weighted by Crippen LogP contribution is -2.26. The van der Waals surface area contributed by atoms with Crippen molar-refractivity contribution in [3.05, 3.63) is 83.0 Å². The fourth-order valence-corrected chi connectivity index (χ4v) is 3.96. The number of rotatable bonds is 6. The molecule has 156 valence electrons. The quantitative estimate of drug-likeness (QED) is 0.524. The Kier molecular flexibility index (Phi) is 6.14. The van der Waals surface area contributed by atoms with Crippen LogP contribution in [-0.2, 0) is 10.0 Å². The van der Waals surface area contributed by atoms with Gasteiger partial charge in [0, 0.05) is 23.0 Å². The number of anilines is 2. The molecule has 0 fully saturated rings. The smallest absolute Gasteiger partial charge is 0.263 e. The lowest BCUT2D eigenvalue weighted by atomic mass is 10.0. The van der Waals surface area contributed by atoms with E-state index in [0.29, 0.717) is 5.56 Å². The Morgan fingerprint density at radius 2 is 1.63 bits per heavy atom. The number of pyridine rings is 1. The molecule has 0 aliphatic rings. The summed E-state index contributed by atoms with van der Waals surface area (Å²) in [6, 6.07) is 16.3. The summed E-state index contributed by atoms with van der Waals surface area (Å²) < 4.78 is 28.2. The van der Waals surface area contributed by atoms with Gasteiger partial charge in [0.05, 0.1) is 15.5 Å². The van der Waals surface area contributed by atoms with E-state index in [1.807, 2.05) is 20.8 Å². The number of sulfonamides is 1. The van der Waals surface area contributed by atoms with Crippen LogP contribution >= 0.6 is 11.6 Å². The summed E-state index contributed by atoms with van der Waals surface area (Å²) in [7, 11) is -3.96. The van der Waals surface area contributed by atoms with Crippen molar-refractivity contribution in [2.45, 2.75) is 31.2 Å². The molecule has 0 aliphatic heterocycles. The third kappa shape index (κ3) is 5.37. The van der Waals surface area contributed by atoms with Gasteiger partial charge < -0.3 is 5.32 Å². The average Bonchev–Trinajstić information content (AvgIpc) is 2.68. The van der Waals surface area contributed by atoms with Gasteiger partial charge >= 0.3 is 0 Å². The summed E-state index contributed by atoms with van der Waals surface area (Å²) >= 11 is 6.01. The lowest BCUT2D eigenvalue weighted by Gasteiger charge is -2.22. The predicted octanol–water partition coefficient (Wildman–Crippen LogP) is 4.98. The Hall–Kier alpha value is -2.90. The van der Waals surface area contributed by atoms with E-state index in [1.54, 1.807) is 42.5 Å². The Balaban J connectivity index is 1.91. The maximum absolute atomic E-state index is 12.9. The molecule has 0 saturated carbocycles. The van der Waals surface area contributed by atoms with E-state index in [9.17, 15) is 13.2 Å². The van der Waals surface area contributed by atoms with Crippen molar-refractivity contribution in [3.63, 3.8) is 0 Å². The highest BCUT2D eigenvalue weighted by atomic mass is 35.5. The number of halogens is 1. The Morgan fingerprint density at radius 1 is 1.00 bits per heavy atom. The van der Waals surface area contributed by atoms with Gasteiger partial charge in [0.25, 0.3) is 10.0 Å². The van der Waals surface area contributed by atoms with Crippen LogP contribution in [0.3, 0.4) is 0 Å². The highest BCUT2D eigenvalue weighted by molar-refractivity contribution is 7.92. The van der Waals surface area contributed by atoms with Gasteiger partial charge in [-0.2, -0.15) is 0 Å². The van der Waals surface area contributed by atoms with Gasteiger partial charge in [0.1, 0.15) is 0 Å². The first-order valence-corrected chi connectivity index (χ1v) is 11.1. The SMILES string of the molecule is CC(C)(C)Nc1ccc(S(=O)(=O)Nc2ncc(Cl)cc2C(=O)c2ccccc2)cc1. The van der Waals surface area contributed by atoms with Crippen molar-refractivity contribution < 1.29 is 13.2 Å². The Morgan fingerprint density at radius 3 is 2.23 bits per heavy atom. The zero-order chi connectivity index (χ0) is 21.9. The molecular formula is C22H22ClN3O3S. The highest BCUT2D eigenvalue weighted by Gasteiger charge is 2.21. The molecule has 0 bridgehead atoms. The number of hydrogen-bond acceptors (Lipinski definition) is 5. The molecule has 3 aromatic rings. The first-order valence-electron chi connectivity index (χ1n) is 9.21. The number of aromatic nitrogens is 1. The fourth-order valence-electron chi connectivity index (χ4n) is 2.78. The van der Waals surface area contributed by atoms with Gasteiger partial charge in [-0.25, -0.2) is 13.4 Å². The minimum atomic E-state index is -3.96. The molecule has 0 saturated heterocycles. The first-order chi connectivity index (χ1) is 14.0. The number of carbonyl (C=O) groups excluding carboxylic acids is 1. The normalized spacial score (nSPS) is 11.7. The van der Waals surface area contributed by atoms with Crippen LogP contribution in [0.5, 0.6) is 0 Å². The number of nitrogens with zero attached hydrogens (tertiary/aromatic N) is 1. The number of benzene rings is 2. The number of hydrogen-bond donors (Lipinski definition) is 2. The third-order valence-corrected chi connectivity index (χ3v) is 5.61. The second-order valence-corrected chi connectivity index (χ2v) is 9.87. The summed E-state index contributed by atoms with van der Waals surface area (Å²) in [4.78, 5) is 17.0. The Labute approximate surface area is 181 Å². The maximum atomic E-state index is 12.9. The Bertz CT molecular complexity index is 1160. The zero-order valence-electron chi connectivity index (χ0n) is 16.8. The van der Waals surface area contributed by atoms with Gasteiger partial charge in [-0.15, -0.1) is 0 Å². The third-order valence-electron chi connectivity index (χ3n) is 4.05. The first kappa shape index (κ1) is 21.8. The molecule has 2 N–H and O–H groups in total. The summed E-state index contributed by atoms with van der Waals surface area (Å²) in [5.41, 5.74) is 1.12. The van der Waals surface area contributed by atoms with E-state index < -0.39 is 10.0 Å². The summed E-state index contributed by atoms with van der Waals surface area (Å²) in [5.74, 6) is -0.460. The second-order valence-electron chi connectivity index (χ2n) is 7.75. The van der Waals surface area contributed by atoms with Crippen molar-refractivity contribution in [3.8, 4) is 0 Å². The molecule has 0 unspecified atom stereocenters. The van der Waals surface area contributed by atoms with E-state index in [1.165, 1.54) is 24.4 Å². The van der Waals surface area contributed by atoms with Gasteiger partial charge in [0.15, 0.2) is 11.6 Å². The van der Waals surface area contributed by atoms with Crippen molar-refractivity contribution in [1.82, 2.24) is 4.98 Å². The standard InChI is InChI=1S/C22H22ClN3O3S/c1-22(2,3)25-17-9-11-18(12-10-17)30(28,29)26-21-19(13-16(23)14-24-21)20(27)15-7-5-4-6-8-15/h4-14,25H,1-3H3,(H,24,26). The fraction of sp³-hybridized carbons (Fsp3) is 0.182. The number of ketones is 1. The maximum Gasteiger partial charge on any atom is 0.263 e. The second kappa shape index (κ2) is 8.45. The largest absolute Gasteiger partial charge is 0.380 e. The molecule has 6 nitrogen and oxygen atoms in total. The summed E-state index contributed by atoms with van der Waals surface area (Å²) in [5, 5.41) is 3.50. The lowest BCUT2D eigenvalue weighted by molar-refractivity contribution is 0.103. The van der Waals surface area contributed by atoms with Gasteiger partial charge in [-0.05, 0) is 51.1 Å². The van der Waals surface area contributed by atoms with Crippen molar-refractivity contribution >= 4 is 38.9 Å². The minimum Gasteiger partial charge on any atom is -0.380 e. The number of carbonyl (C=O) groups is 1. The molecular weight excluding hydrogens is 422 g/mol. The number of nitrogens with one attached hydrogen (secondary N) is 2. The molecule has 0 amide bonds. The van der Waals surface area contributed by atoms with Crippen LogP contribution in [-0.4, -0.2) is 24.7 Å². The molecule has 1 aromatic heterocycles. The molecule has 0 spiro atoms. The topological polar surface area (TPSA) is 88.2 Å². The van der Waals surface area contributed by atoms with Crippen molar-refractivity contribution in [1.29, 1.82) is 0 Å². The van der Waals surface area contributed by atoms with Crippen LogP contribution in [0.1, 0.15) is 36.7 Å². The van der Waals surface area contributed by atoms with Gasteiger partial charge in [-0.3, -0.25) is 9.52 Å². The molecule has 0 radical (unpaired) electrons. The molecule has 0 aliphatic carbocycles. The monoisotopic (exact) mass is 443 g/mol. The highest BCUT2D eigenvalue weighted by Crippen LogP contribution is 2.25. The van der Waals surface area contributed by atoms with Crippen molar-refractivity contribution in [2.75, 3.05) is 10.0 Å². The molecule has 8 heteroatoms. The van der Waals surface area contributed by atoms with Crippen LogP contribution < -0.4 is 10.0 Å². The van der Waals surface area contributed by atoms with Gasteiger partial charge in [-0.1, -0.05) is 41.9 Å². The molecule has 2 aromatic carbocycles. The van der Waals surface area contributed by atoms with Crippen LogP contribution in [0.2, 0.25) is 5.02 Å². The van der Waals surface area contributed by atoms with E-state index >= 15 is 0 Å². The van der Waals surface area contributed by atoms with E-state index in [0.717, 1.165) is 5.69 Å². The molecule has 0 atom stereocenters. The average molecular weight is 444 g/mol. The summed E-state index contributed by atoms with van der Waals surface area (Å²) in [6.07, 6.45) is 1.29. The predicted molar refractivity (Wildman–Crippen MR) is 120 cm³/mol. The zero-order valence-corrected chi connectivity index (χ0v) is 18.4. The summed E-state index contributed by atoms with van der Waals surface area (Å²) in [6.45, 7) is 6.03. The minimum absolute atomic E-state index is 0.0526. The molecule has 30 heavy (non-hydrogen) atoms. The van der Waals surface area contributed by atoms with Gasteiger partial charge in [0.2, 0.25) is 0 Å². The van der Waals surface area contributed by atoms with Crippen LogP contribution in [0.15, 0.2) is 71.8 Å². The van der Waals surface area contributed by atoms with Crippen LogP contribution in [0.4, 0.5) is 11.5 Å². The molecule has 3 rings (SSSR count).